The Kier molecular flexibility index (Phi) is 23.2. The monoisotopic (exact) mass is 696 g/mol. The van der Waals surface area contributed by atoms with Crippen LogP contribution in [0.5, 0.6) is 0 Å². The van der Waals surface area contributed by atoms with Crippen LogP contribution >= 0.6 is 0 Å². The Morgan fingerprint density at radius 2 is 1.17 bits per heavy atom. The van der Waals surface area contributed by atoms with Crippen LogP contribution in [0, 0.1) is 0 Å². The molecule has 0 radical (unpaired) electrons. The van der Waals surface area contributed by atoms with Gasteiger partial charge >= 0.3 is 51.9 Å². The van der Waals surface area contributed by atoms with Gasteiger partial charge in [0.2, 0.25) is 11.4 Å². The van der Waals surface area contributed by atoms with Crippen molar-refractivity contribution >= 4 is 11.4 Å². The molecule has 0 fully saturated rings. The zero-order valence-corrected chi connectivity index (χ0v) is 32.8. The van der Waals surface area contributed by atoms with Crippen LogP contribution in [-0.2, 0) is 27.3 Å². The Morgan fingerprint density at radius 1 is 0.562 bits per heavy atom. The standard InChI is InChI=1S/C39H56N2.2C3H7.Ni/c1-5-9-13-15-16-17-19-26-37-36(25-18-14-10-6-2)38(34-29-27-32(28-30-34)21-11-7-3)41(40)39(37)35-24-20-23-33(31-35)22-12-8-4;2*1-3-2;/h19-20,23-24,26-31H,5-18,21-22,25H2,1-4H3;2*1,3H2,2H3;. The summed E-state index contributed by atoms with van der Waals surface area (Å²) in [4.78, 5) is 0. The van der Waals surface area contributed by atoms with Crippen molar-refractivity contribution < 1.29 is 19.1 Å². The number of hydrogen-bond donors (Lipinski definition) is 0. The first-order chi connectivity index (χ1) is 23.6. The number of unbranched alkanes of at least 4 members (excludes halogenated alkanes) is 10. The summed E-state index contributed by atoms with van der Waals surface area (Å²) in [6, 6.07) is 17.9. The first kappa shape index (κ1) is 41.9. The molecule has 0 N–H and O–H groups in total. The van der Waals surface area contributed by atoms with E-state index in [1.807, 2.05) is 14.4 Å². The molecule has 2 nitrogen and oxygen atoms in total. The molecule has 1 aliphatic rings. The Bertz CT molecular complexity index is 1250. The van der Waals surface area contributed by atoms with E-state index in [-0.39, 0.29) is 0 Å². The summed E-state index contributed by atoms with van der Waals surface area (Å²) in [5.41, 5.74) is 21.3. The van der Waals surface area contributed by atoms with E-state index in [1.54, 1.807) is 0 Å². The second-order valence-electron chi connectivity index (χ2n) is 13.4. The third kappa shape index (κ3) is 15.1. The molecule has 0 saturated carbocycles. The minimum absolute atomic E-state index is 0.945. The Morgan fingerprint density at radius 3 is 1.79 bits per heavy atom. The van der Waals surface area contributed by atoms with Crippen LogP contribution in [0.4, 0.5) is 0 Å². The van der Waals surface area contributed by atoms with Crippen molar-refractivity contribution in [2.75, 3.05) is 0 Å². The number of allylic oxidation sites excluding steroid dienone is 4. The van der Waals surface area contributed by atoms with Gasteiger partial charge in [-0.15, -0.1) is 0 Å². The van der Waals surface area contributed by atoms with Gasteiger partial charge in [-0.05, 0) is 86.8 Å². The average Bonchev–Trinajstić information content (AvgIpc) is 3.39. The van der Waals surface area contributed by atoms with E-state index in [1.165, 1.54) is 128 Å². The third-order valence-electron chi connectivity index (χ3n) is 8.93. The Balaban J connectivity index is 0.00000103. The molecular weight excluding hydrogens is 627 g/mol. The molecule has 3 rings (SSSR count). The predicted molar refractivity (Wildman–Crippen MR) is 209 cm³/mol. The van der Waals surface area contributed by atoms with E-state index >= 15 is 0 Å². The normalized spacial score (nSPS) is 13.2. The minimum atomic E-state index is 0.945. The first-order valence-electron chi connectivity index (χ1n) is 19.8. The molecule has 0 unspecified atom stereocenters. The van der Waals surface area contributed by atoms with Gasteiger partial charge in [0.25, 0.3) is 0 Å². The molecule has 0 atom stereocenters. The third-order valence-corrected chi connectivity index (χ3v) is 10.6. The predicted octanol–water partition coefficient (Wildman–Crippen LogP) is 15.2. The zero-order chi connectivity index (χ0) is 34.8. The van der Waals surface area contributed by atoms with Crippen LogP contribution in [0.3, 0.4) is 0 Å². The summed E-state index contributed by atoms with van der Waals surface area (Å²) in [7, 11) is 0. The molecule has 1 heterocycles. The van der Waals surface area contributed by atoms with Crippen LogP contribution in [0.1, 0.15) is 173 Å². The molecular formula is C45H70N2Ni. The molecule has 2 aromatic carbocycles. The molecule has 1 aliphatic heterocycles. The van der Waals surface area contributed by atoms with Gasteiger partial charge in [0.1, 0.15) is 0 Å². The van der Waals surface area contributed by atoms with Crippen LogP contribution in [0.15, 0.2) is 71.8 Å². The topological polar surface area (TPSA) is 25.3 Å². The van der Waals surface area contributed by atoms with Crippen LogP contribution in [-0.4, -0.2) is 4.70 Å². The summed E-state index contributed by atoms with van der Waals surface area (Å²) in [6.07, 6.45) is 27.8. The van der Waals surface area contributed by atoms with Crippen LogP contribution < -0.4 is 0 Å². The van der Waals surface area contributed by atoms with Gasteiger partial charge in [0, 0.05) is 16.7 Å². The number of nitrogens with zero attached hydrogens (tertiary/aromatic N) is 2. The number of aryl methyl sites for hydroxylation is 2. The van der Waals surface area contributed by atoms with Crippen LogP contribution in [0.2, 0.25) is 10.8 Å². The molecule has 0 saturated heterocycles. The van der Waals surface area contributed by atoms with E-state index < -0.39 is 0 Å². The van der Waals surface area contributed by atoms with E-state index in [0.717, 1.165) is 54.6 Å². The zero-order valence-electron chi connectivity index (χ0n) is 31.8. The van der Waals surface area contributed by atoms with Gasteiger partial charge in [-0.3, -0.25) is 0 Å². The fourth-order valence-corrected chi connectivity index (χ4v) is 7.14. The van der Waals surface area contributed by atoms with Gasteiger partial charge in [0.05, 0.1) is 5.57 Å². The maximum atomic E-state index is 12.0. The maximum absolute atomic E-state index is 12.0. The van der Waals surface area contributed by atoms with Crippen molar-refractivity contribution in [3.05, 3.63) is 99.6 Å². The van der Waals surface area contributed by atoms with Crippen LogP contribution in [0.25, 0.3) is 16.9 Å². The van der Waals surface area contributed by atoms with Crippen molar-refractivity contribution in [2.45, 2.75) is 174 Å². The number of hydrogen-bond acceptors (Lipinski definition) is 0. The van der Waals surface area contributed by atoms with Crippen molar-refractivity contribution in [2.24, 2.45) is 0 Å². The molecule has 0 bridgehead atoms. The fraction of sp³-hybridized carbons (Fsp3) is 0.600. The van der Waals surface area contributed by atoms with E-state index in [4.69, 9.17) is 0 Å². The van der Waals surface area contributed by atoms with E-state index in [9.17, 15) is 5.53 Å². The van der Waals surface area contributed by atoms with Gasteiger partial charge in [-0.2, -0.15) is 0 Å². The summed E-state index contributed by atoms with van der Waals surface area (Å²) in [6.45, 7) is 13.5. The molecule has 3 heteroatoms. The Labute approximate surface area is 303 Å². The SMILES string of the molecule is CCCCCCCC=CC1=C(c2cccc(CCCC)c2)[N+](=[N-])C(c2ccc(CCCC)cc2)=C1CCCCCC.CC[CH2][Ni][CH2]CC. The molecule has 48 heavy (non-hydrogen) atoms. The molecule has 0 aromatic heterocycles. The summed E-state index contributed by atoms with van der Waals surface area (Å²) >= 11 is 1.90. The molecule has 0 spiro atoms. The van der Waals surface area contributed by atoms with Crippen molar-refractivity contribution in [1.29, 1.82) is 0 Å². The average molecular weight is 698 g/mol. The molecule has 0 aliphatic carbocycles. The molecule has 0 amide bonds. The van der Waals surface area contributed by atoms with Crippen molar-refractivity contribution in [3.63, 3.8) is 0 Å². The van der Waals surface area contributed by atoms with Gasteiger partial charge < -0.3 is 5.53 Å². The van der Waals surface area contributed by atoms with Crippen molar-refractivity contribution in [3.8, 4) is 0 Å². The number of benzene rings is 2. The number of rotatable bonds is 24. The van der Waals surface area contributed by atoms with Gasteiger partial charge in [0.15, 0.2) is 0 Å². The Hall–Kier alpha value is -2.25. The molecule has 270 valence electrons. The van der Waals surface area contributed by atoms with Gasteiger partial charge in [-0.1, -0.05) is 122 Å². The summed E-state index contributed by atoms with van der Waals surface area (Å²) in [5, 5.41) is 2.72. The second kappa shape index (κ2) is 26.6. The van der Waals surface area contributed by atoms with E-state index in [0.29, 0.717) is 0 Å². The second-order valence-corrected chi connectivity index (χ2v) is 14.9. The summed E-state index contributed by atoms with van der Waals surface area (Å²) < 4.78 is 1.52. The quantitative estimate of drug-likeness (QED) is 0.0593. The van der Waals surface area contributed by atoms with Crippen molar-refractivity contribution in [1.82, 2.24) is 0 Å². The summed E-state index contributed by atoms with van der Waals surface area (Å²) in [5.74, 6) is 0. The van der Waals surface area contributed by atoms with E-state index in [2.05, 4.69) is 102 Å². The van der Waals surface area contributed by atoms with Gasteiger partial charge in [-0.25, -0.2) is 4.70 Å². The fourth-order valence-electron chi connectivity index (χ4n) is 6.19. The molecule has 2 aromatic rings. The first-order valence-corrected chi connectivity index (χ1v) is 21.2.